The fraction of sp³-hybridized carbons (Fsp3) is 0. The highest BCUT2D eigenvalue weighted by atomic mass is 16.5. The molecule has 0 aliphatic rings. The van der Waals surface area contributed by atoms with Crippen LogP contribution in [0.2, 0.25) is 0 Å². The minimum absolute atomic E-state index is 0.559. The zero-order valence-corrected chi connectivity index (χ0v) is 12.4. The number of benzene rings is 3. The van der Waals surface area contributed by atoms with E-state index in [1.807, 2.05) is 36.4 Å². The molecule has 0 saturated carbocycles. The standard InChI is InChI=1S/C18H17N3O2/c19-12-1-3-15(4-2-12)22-16-5-7-17(8-6-16)23-18-10-13(20)9-14(21)11-18/h1-11H,19-21H2. The van der Waals surface area contributed by atoms with Crippen molar-refractivity contribution in [1.29, 1.82) is 0 Å². The number of nitrogen functional groups attached to an aromatic ring is 3. The van der Waals surface area contributed by atoms with Gasteiger partial charge in [0.25, 0.3) is 0 Å². The van der Waals surface area contributed by atoms with Crippen molar-refractivity contribution in [2.24, 2.45) is 0 Å². The molecule has 5 nitrogen and oxygen atoms in total. The molecule has 23 heavy (non-hydrogen) atoms. The van der Waals surface area contributed by atoms with E-state index in [0.717, 1.165) is 5.75 Å². The predicted molar refractivity (Wildman–Crippen MR) is 92.7 cm³/mol. The summed E-state index contributed by atoms with van der Waals surface area (Å²) >= 11 is 0. The van der Waals surface area contributed by atoms with Gasteiger partial charge < -0.3 is 26.7 Å². The van der Waals surface area contributed by atoms with Crippen LogP contribution in [0.15, 0.2) is 66.7 Å². The Labute approximate surface area is 134 Å². The molecular weight excluding hydrogens is 290 g/mol. The van der Waals surface area contributed by atoms with E-state index in [4.69, 9.17) is 26.7 Å². The van der Waals surface area contributed by atoms with Crippen LogP contribution in [-0.4, -0.2) is 0 Å². The first-order valence-electron chi connectivity index (χ1n) is 7.06. The molecule has 0 heterocycles. The summed E-state index contributed by atoms with van der Waals surface area (Å²) in [6.45, 7) is 0. The van der Waals surface area contributed by atoms with Crippen LogP contribution in [0.25, 0.3) is 0 Å². The highest BCUT2D eigenvalue weighted by Gasteiger charge is 2.02. The van der Waals surface area contributed by atoms with E-state index in [9.17, 15) is 0 Å². The van der Waals surface area contributed by atoms with E-state index < -0.39 is 0 Å². The molecule has 0 aliphatic heterocycles. The second-order valence-electron chi connectivity index (χ2n) is 5.08. The maximum atomic E-state index is 5.74. The third kappa shape index (κ3) is 3.85. The zero-order chi connectivity index (χ0) is 16.2. The summed E-state index contributed by atoms with van der Waals surface area (Å²) in [6.07, 6.45) is 0. The van der Waals surface area contributed by atoms with Gasteiger partial charge in [-0.1, -0.05) is 0 Å². The predicted octanol–water partition coefficient (Wildman–Crippen LogP) is 4.02. The quantitative estimate of drug-likeness (QED) is 0.633. The van der Waals surface area contributed by atoms with Crippen LogP contribution < -0.4 is 26.7 Å². The highest BCUT2D eigenvalue weighted by molar-refractivity contribution is 5.57. The van der Waals surface area contributed by atoms with Crippen molar-refractivity contribution in [2.45, 2.75) is 0 Å². The third-order valence-corrected chi connectivity index (χ3v) is 3.13. The van der Waals surface area contributed by atoms with Crippen molar-refractivity contribution in [3.8, 4) is 23.0 Å². The van der Waals surface area contributed by atoms with Gasteiger partial charge in [0, 0.05) is 29.2 Å². The molecule has 0 unspecified atom stereocenters. The van der Waals surface area contributed by atoms with Crippen molar-refractivity contribution >= 4 is 17.1 Å². The first kappa shape index (κ1) is 14.6. The van der Waals surface area contributed by atoms with Crippen molar-refractivity contribution in [3.05, 3.63) is 66.7 Å². The van der Waals surface area contributed by atoms with Gasteiger partial charge in [0.2, 0.25) is 0 Å². The summed E-state index contributed by atoms with van der Waals surface area (Å²) in [5.41, 5.74) is 18.9. The van der Waals surface area contributed by atoms with Crippen molar-refractivity contribution < 1.29 is 9.47 Å². The number of ether oxygens (including phenoxy) is 2. The van der Waals surface area contributed by atoms with E-state index >= 15 is 0 Å². The SMILES string of the molecule is Nc1ccc(Oc2ccc(Oc3cc(N)cc(N)c3)cc2)cc1. The topological polar surface area (TPSA) is 96.5 Å². The van der Waals surface area contributed by atoms with Crippen LogP contribution in [0.5, 0.6) is 23.0 Å². The van der Waals surface area contributed by atoms with Gasteiger partial charge in [-0.25, -0.2) is 0 Å². The van der Waals surface area contributed by atoms with Gasteiger partial charge in [-0.2, -0.15) is 0 Å². The highest BCUT2D eigenvalue weighted by Crippen LogP contribution is 2.29. The summed E-state index contributed by atoms with van der Waals surface area (Å²) in [4.78, 5) is 0. The molecule has 116 valence electrons. The molecule has 0 spiro atoms. The Morgan fingerprint density at radius 1 is 0.435 bits per heavy atom. The fourth-order valence-electron chi connectivity index (χ4n) is 2.09. The van der Waals surface area contributed by atoms with Gasteiger partial charge in [0.05, 0.1) is 0 Å². The molecule has 6 N–H and O–H groups in total. The number of rotatable bonds is 4. The van der Waals surface area contributed by atoms with E-state index in [1.165, 1.54) is 0 Å². The monoisotopic (exact) mass is 307 g/mol. The molecule has 0 atom stereocenters. The van der Waals surface area contributed by atoms with Crippen LogP contribution in [0.3, 0.4) is 0 Å². The largest absolute Gasteiger partial charge is 0.457 e. The summed E-state index contributed by atoms with van der Waals surface area (Å²) in [5.74, 6) is 2.68. The van der Waals surface area contributed by atoms with Crippen LogP contribution in [0.1, 0.15) is 0 Å². The van der Waals surface area contributed by atoms with E-state index in [0.29, 0.717) is 34.3 Å². The smallest absolute Gasteiger partial charge is 0.131 e. The second-order valence-corrected chi connectivity index (χ2v) is 5.08. The first-order chi connectivity index (χ1) is 11.1. The molecule has 0 bridgehead atoms. The molecule has 0 aliphatic carbocycles. The summed E-state index contributed by atoms with van der Waals surface area (Å²) in [6, 6.07) is 19.6. The minimum atomic E-state index is 0.559. The Hall–Kier alpha value is -3.34. The number of hydrogen-bond donors (Lipinski definition) is 3. The summed E-state index contributed by atoms with van der Waals surface area (Å²) < 4.78 is 11.5. The Kier molecular flexibility index (Phi) is 3.93. The van der Waals surface area contributed by atoms with Crippen LogP contribution in [0, 0.1) is 0 Å². The lowest BCUT2D eigenvalue weighted by Crippen LogP contribution is -1.92. The van der Waals surface area contributed by atoms with Gasteiger partial charge in [-0.3, -0.25) is 0 Å². The molecule has 0 aromatic heterocycles. The molecule has 3 rings (SSSR count). The number of nitrogens with two attached hydrogens (primary N) is 3. The second kappa shape index (κ2) is 6.19. The number of anilines is 3. The van der Waals surface area contributed by atoms with Gasteiger partial charge in [-0.05, 0) is 54.6 Å². The first-order valence-corrected chi connectivity index (χ1v) is 7.06. The third-order valence-electron chi connectivity index (χ3n) is 3.13. The summed E-state index contributed by atoms with van der Waals surface area (Å²) in [5, 5.41) is 0. The van der Waals surface area contributed by atoms with Gasteiger partial charge >= 0.3 is 0 Å². The molecule has 3 aromatic rings. The molecule has 5 heteroatoms. The van der Waals surface area contributed by atoms with Gasteiger partial charge in [0.1, 0.15) is 23.0 Å². The molecule has 0 amide bonds. The van der Waals surface area contributed by atoms with Crippen molar-refractivity contribution in [1.82, 2.24) is 0 Å². The lowest BCUT2D eigenvalue weighted by atomic mass is 10.2. The normalized spacial score (nSPS) is 10.3. The molecule has 0 saturated heterocycles. The Morgan fingerprint density at radius 2 is 0.826 bits per heavy atom. The lowest BCUT2D eigenvalue weighted by Gasteiger charge is -2.09. The Morgan fingerprint density at radius 3 is 1.30 bits per heavy atom. The maximum absolute atomic E-state index is 5.74. The van der Waals surface area contributed by atoms with Gasteiger partial charge in [-0.15, -0.1) is 0 Å². The summed E-state index contributed by atoms with van der Waals surface area (Å²) in [7, 11) is 0. The molecule has 3 aromatic carbocycles. The van der Waals surface area contributed by atoms with Crippen molar-refractivity contribution in [2.75, 3.05) is 17.2 Å². The average molecular weight is 307 g/mol. The van der Waals surface area contributed by atoms with E-state index in [-0.39, 0.29) is 0 Å². The number of hydrogen-bond acceptors (Lipinski definition) is 5. The fourth-order valence-corrected chi connectivity index (χ4v) is 2.09. The van der Waals surface area contributed by atoms with Crippen molar-refractivity contribution in [3.63, 3.8) is 0 Å². The lowest BCUT2D eigenvalue weighted by molar-refractivity contribution is 0.469. The van der Waals surface area contributed by atoms with Gasteiger partial charge in [0.15, 0.2) is 0 Å². The minimum Gasteiger partial charge on any atom is -0.457 e. The Balaban J connectivity index is 1.70. The average Bonchev–Trinajstić information content (AvgIpc) is 2.50. The molecule has 0 fully saturated rings. The maximum Gasteiger partial charge on any atom is 0.131 e. The van der Waals surface area contributed by atoms with Crippen LogP contribution >= 0.6 is 0 Å². The molecular formula is C18H17N3O2. The van der Waals surface area contributed by atoms with Crippen LogP contribution in [0.4, 0.5) is 17.1 Å². The Bertz CT molecular complexity index is 779. The molecule has 0 radical (unpaired) electrons. The van der Waals surface area contributed by atoms with E-state index in [2.05, 4.69) is 0 Å². The van der Waals surface area contributed by atoms with Crippen LogP contribution in [-0.2, 0) is 0 Å². The zero-order valence-electron chi connectivity index (χ0n) is 12.4. The van der Waals surface area contributed by atoms with E-state index in [1.54, 1.807) is 30.3 Å².